The molecule has 0 aromatic heterocycles. The topological polar surface area (TPSA) is 50.4 Å². The molecule has 1 aromatic carbocycles. The molecule has 1 unspecified atom stereocenters. The van der Waals surface area contributed by atoms with E-state index in [1.807, 2.05) is 0 Å². The van der Waals surface area contributed by atoms with E-state index >= 15 is 0 Å². The molecule has 18 heavy (non-hydrogen) atoms. The highest BCUT2D eigenvalue weighted by Gasteiger charge is 2.12. The van der Waals surface area contributed by atoms with Crippen molar-refractivity contribution in [3.63, 3.8) is 0 Å². The van der Waals surface area contributed by atoms with Gasteiger partial charge in [-0.25, -0.2) is 0 Å². The summed E-state index contributed by atoms with van der Waals surface area (Å²) < 4.78 is 4.85. The van der Waals surface area contributed by atoms with Gasteiger partial charge in [0.1, 0.15) is 6.04 Å². The molecule has 0 radical (unpaired) electrons. The summed E-state index contributed by atoms with van der Waals surface area (Å²) in [6, 6.07) is 4.77. The van der Waals surface area contributed by atoms with E-state index in [0.717, 1.165) is 5.69 Å². The lowest BCUT2D eigenvalue weighted by atomic mass is 10.2. The highest BCUT2D eigenvalue weighted by molar-refractivity contribution is 6.42. The zero-order valence-electron chi connectivity index (χ0n) is 10.3. The molecule has 0 saturated carbocycles. The zero-order chi connectivity index (χ0) is 13.5. The Morgan fingerprint density at radius 3 is 2.72 bits per heavy atom. The van der Waals surface area contributed by atoms with Gasteiger partial charge >= 0.3 is 0 Å². The first kappa shape index (κ1) is 15.1. The average molecular weight is 291 g/mol. The number of nitrogens with one attached hydrogen (secondary N) is 2. The van der Waals surface area contributed by atoms with Crippen LogP contribution in [0.2, 0.25) is 10.0 Å². The lowest BCUT2D eigenvalue weighted by Crippen LogP contribution is -2.39. The van der Waals surface area contributed by atoms with E-state index in [1.165, 1.54) is 0 Å². The predicted octanol–water partition coefficient (Wildman–Crippen LogP) is 2.56. The lowest BCUT2D eigenvalue weighted by molar-refractivity contribution is -0.121. The Labute approximate surface area is 117 Å². The predicted molar refractivity (Wildman–Crippen MR) is 74.4 cm³/mol. The molecule has 1 rings (SSSR count). The van der Waals surface area contributed by atoms with Crippen LogP contribution in [0, 0.1) is 0 Å². The van der Waals surface area contributed by atoms with Crippen molar-refractivity contribution in [3.05, 3.63) is 28.2 Å². The Balaban J connectivity index is 2.50. The fourth-order valence-electron chi connectivity index (χ4n) is 1.33. The van der Waals surface area contributed by atoms with Crippen LogP contribution in [0.5, 0.6) is 0 Å². The van der Waals surface area contributed by atoms with Gasteiger partial charge < -0.3 is 15.4 Å². The number of hydrogen-bond donors (Lipinski definition) is 2. The van der Waals surface area contributed by atoms with Crippen LogP contribution in [-0.2, 0) is 9.53 Å². The molecule has 1 amide bonds. The maximum Gasteiger partial charge on any atom is 0.242 e. The molecule has 100 valence electrons. The van der Waals surface area contributed by atoms with E-state index in [0.29, 0.717) is 23.2 Å². The first-order chi connectivity index (χ1) is 8.54. The molecule has 1 atom stereocenters. The van der Waals surface area contributed by atoms with Gasteiger partial charge in [0.2, 0.25) is 5.91 Å². The molecule has 4 nitrogen and oxygen atoms in total. The van der Waals surface area contributed by atoms with Crippen molar-refractivity contribution in [2.45, 2.75) is 13.0 Å². The lowest BCUT2D eigenvalue weighted by Gasteiger charge is -2.15. The second-order valence-electron chi connectivity index (χ2n) is 3.78. The summed E-state index contributed by atoms with van der Waals surface area (Å²) in [7, 11) is 1.59. The minimum atomic E-state index is -0.362. The van der Waals surface area contributed by atoms with E-state index in [9.17, 15) is 4.79 Å². The molecule has 0 aliphatic carbocycles. The highest BCUT2D eigenvalue weighted by Crippen LogP contribution is 2.25. The molecule has 6 heteroatoms. The number of benzene rings is 1. The summed E-state index contributed by atoms with van der Waals surface area (Å²) >= 11 is 11.7. The van der Waals surface area contributed by atoms with Crippen LogP contribution in [-0.4, -0.2) is 32.2 Å². The molecule has 0 fully saturated rings. The Morgan fingerprint density at radius 2 is 2.11 bits per heavy atom. The van der Waals surface area contributed by atoms with E-state index in [2.05, 4.69) is 10.6 Å². The number of carbonyl (C=O) groups excluding carboxylic acids is 1. The van der Waals surface area contributed by atoms with Gasteiger partial charge in [-0.05, 0) is 25.1 Å². The molecular formula is C12H16Cl2N2O2. The largest absolute Gasteiger partial charge is 0.383 e. The first-order valence-corrected chi connectivity index (χ1v) is 6.28. The quantitative estimate of drug-likeness (QED) is 0.792. The van der Waals surface area contributed by atoms with Crippen molar-refractivity contribution in [1.29, 1.82) is 0 Å². The summed E-state index contributed by atoms with van der Waals surface area (Å²) in [6.07, 6.45) is 0. The fraction of sp³-hybridized carbons (Fsp3) is 0.417. The normalized spacial score (nSPS) is 12.0. The molecule has 2 N–H and O–H groups in total. The maximum absolute atomic E-state index is 11.7. The number of carbonyl (C=O) groups is 1. The molecule has 0 bridgehead atoms. The fourth-order valence-corrected chi connectivity index (χ4v) is 1.63. The first-order valence-electron chi connectivity index (χ1n) is 5.53. The van der Waals surface area contributed by atoms with Crippen LogP contribution in [0.25, 0.3) is 0 Å². The van der Waals surface area contributed by atoms with Crippen molar-refractivity contribution >= 4 is 34.8 Å². The van der Waals surface area contributed by atoms with Crippen LogP contribution in [0.15, 0.2) is 18.2 Å². The van der Waals surface area contributed by atoms with E-state index in [4.69, 9.17) is 27.9 Å². The number of ether oxygens (including phenoxy) is 1. The van der Waals surface area contributed by atoms with Crippen LogP contribution >= 0.6 is 23.2 Å². The molecule has 0 aliphatic rings. The minimum absolute atomic E-state index is 0.0990. The van der Waals surface area contributed by atoms with Gasteiger partial charge in [0.15, 0.2) is 0 Å². The molecule has 0 saturated heterocycles. The SMILES string of the molecule is COCCNC(=O)C(C)Nc1ccc(Cl)c(Cl)c1. The molecule has 0 spiro atoms. The van der Waals surface area contributed by atoms with Crippen molar-refractivity contribution in [1.82, 2.24) is 5.32 Å². The van der Waals surface area contributed by atoms with Crippen LogP contribution in [0.4, 0.5) is 5.69 Å². The third-order valence-electron chi connectivity index (χ3n) is 2.30. The molecule has 1 aromatic rings. The van der Waals surface area contributed by atoms with Gasteiger partial charge in [-0.15, -0.1) is 0 Å². The van der Waals surface area contributed by atoms with Crippen LogP contribution in [0.3, 0.4) is 0 Å². The maximum atomic E-state index is 11.7. The Kier molecular flexibility index (Phi) is 6.25. The van der Waals surface area contributed by atoms with Crippen molar-refractivity contribution in [3.8, 4) is 0 Å². The van der Waals surface area contributed by atoms with Gasteiger partial charge in [-0.2, -0.15) is 0 Å². The average Bonchev–Trinajstić information content (AvgIpc) is 2.34. The summed E-state index contributed by atoms with van der Waals surface area (Å²) in [4.78, 5) is 11.7. The number of halogens is 2. The van der Waals surface area contributed by atoms with Gasteiger partial charge in [0.25, 0.3) is 0 Å². The number of amides is 1. The number of anilines is 1. The third kappa shape index (κ3) is 4.72. The standard InChI is InChI=1S/C12H16Cl2N2O2/c1-8(12(17)15-5-6-18-2)16-9-3-4-10(13)11(14)7-9/h3-4,7-8,16H,5-6H2,1-2H3,(H,15,17). The summed E-state index contributed by atoms with van der Waals surface area (Å²) in [6.45, 7) is 2.75. The summed E-state index contributed by atoms with van der Waals surface area (Å²) in [5.74, 6) is -0.0990. The molecule has 0 aliphatic heterocycles. The van der Waals surface area contributed by atoms with Gasteiger partial charge in [-0.3, -0.25) is 4.79 Å². The van der Waals surface area contributed by atoms with Crippen LogP contribution in [0.1, 0.15) is 6.92 Å². The number of rotatable bonds is 6. The van der Waals surface area contributed by atoms with E-state index in [1.54, 1.807) is 32.2 Å². The summed E-state index contributed by atoms with van der Waals surface area (Å²) in [5, 5.41) is 6.72. The monoisotopic (exact) mass is 290 g/mol. The summed E-state index contributed by atoms with van der Waals surface area (Å²) in [5.41, 5.74) is 0.749. The Hall–Kier alpha value is -0.970. The van der Waals surface area contributed by atoms with Gasteiger partial charge in [0, 0.05) is 19.3 Å². The second-order valence-corrected chi connectivity index (χ2v) is 4.59. The van der Waals surface area contributed by atoms with Crippen LogP contribution < -0.4 is 10.6 Å². The van der Waals surface area contributed by atoms with E-state index in [-0.39, 0.29) is 11.9 Å². The molecular weight excluding hydrogens is 275 g/mol. The van der Waals surface area contributed by atoms with Crippen molar-refractivity contribution < 1.29 is 9.53 Å². The zero-order valence-corrected chi connectivity index (χ0v) is 11.8. The van der Waals surface area contributed by atoms with Gasteiger partial charge in [-0.1, -0.05) is 23.2 Å². The third-order valence-corrected chi connectivity index (χ3v) is 3.04. The molecule has 0 heterocycles. The van der Waals surface area contributed by atoms with Crippen molar-refractivity contribution in [2.75, 3.05) is 25.6 Å². The number of methoxy groups -OCH3 is 1. The minimum Gasteiger partial charge on any atom is -0.383 e. The Bertz CT molecular complexity index is 413. The number of hydrogen-bond acceptors (Lipinski definition) is 3. The van der Waals surface area contributed by atoms with E-state index < -0.39 is 0 Å². The smallest absolute Gasteiger partial charge is 0.242 e. The highest BCUT2D eigenvalue weighted by atomic mass is 35.5. The van der Waals surface area contributed by atoms with Gasteiger partial charge in [0.05, 0.1) is 16.7 Å². The van der Waals surface area contributed by atoms with Crippen molar-refractivity contribution in [2.24, 2.45) is 0 Å². The Morgan fingerprint density at radius 1 is 1.39 bits per heavy atom. The second kappa shape index (κ2) is 7.46.